The molecule has 0 radical (unpaired) electrons. The lowest BCUT2D eigenvalue weighted by Crippen LogP contribution is -2.30. The molecular formula is C12H18N4O2S. The van der Waals surface area contributed by atoms with Crippen LogP contribution in [-0.4, -0.2) is 40.6 Å². The Morgan fingerprint density at radius 2 is 2.47 bits per heavy atom. The van der Waals surface area contributed by atoms with Crippen LogP contribution in [0.25, 0.3) is 0 Å². The van der Waals surface area contributed by atoms with Gasteiger partial charge in [-0.1, -0.05) is 5.16 Å². The molecule has 1 aromatic heterocycles. The van der Waals surface area contributed by atoms with E-state index in [9.17, 15) is 4.79 Å². The number of hydrogen-bond acceptors (Lipinski definition) is 6. The zero-order chi connectivity index (χ0) is 13.1. The van der Waals surface area contributed by atoms with Gasteiger partial charge >= 0.3 is 0 Å². The van der Waals surface area contributed by atoms with Gasteiger partial charge in [0.25, 0.3) is 11.7 Å². The van der Waals surface area contributed by atoms with E-state index in [1.54, 1.807) is 0 Å². The molecule has 2 N–H and O–H groups in total. The Labute approximate surface area is 116 Å². The molecule has 2 fully saturated rings. The summed E-state index contributed by atoms with van der Waals surface area (Å²) >= 11 is 1.94. The first-order valence-electron chi connectivity index (χ1n) is 6.76. The molecule has 0 aliphatic carbocycles. The highest BCUT2D eigenvalue weighted by Crippen LogP contribution is 2.23. The number of aromatic nitrogens is 2. The molecule has 2 atom stereocenters. The quantitative estimate of drug-likeness (QED) is 0.857. The maximum atomic E-state index is 11.9. The van der Waals surface area contributed by atoms with Crippen molar-refractivity contribution >= 4 is 17.7 Å². The topological polar surface area (TPSA) is 80.0 Å². The summed E-state index contributed by atoms with van der Waals surface area (Å²) in [6.07, 6.45) is 3.27. The summed E-state index contributed by atoms with van der Waals surface area (Å²) in [4.78, 5) is 16.1. The number of thioether (sulfide) groups is 1. The van der Waals surface area contributed by atoms with E-state index < -0.39 is 0 Å². The van der Waals surface area contributed by atoms with E-state index in [0.29, 0.717) is 18.4 Å². The average Bonchev–Trinajstić information content (AvgIpc) is 3.14. The first-order valence-corrected chi connectivity index (χ1v) is 7.91. The lowest BCUT2D eigenvalue weighted by atomic mass is 10.1. The fourth-order valence-corrected chi connectivity index (χ4v) is 3.71. The molecule has 2 aliphatic rings. The Bertz CT molecular complexity index is 439. The molecule has 3 heterocycles. The van der Waals surface area contributed by atoms with E-state index >= 15 is 0 Å². The monoisotopic (exact) mass is 282 g/mol. The highest BCUT2D eigenvalue weighted by Gasteiger charge is 2.24. The van der Waals surface area contributed by atoms with Crippen molar-refractivity contribution in [2.45, 2.75) is 25.3 Å². The number of nitrogens with zero attached hydrogens (tertiary/aromatic N) is 2. The molecule has 0 bridgehead atoms. The van der Waals surface area contributed by atoms with Crippen molar-refractivity contribution < 1.29 is 9.32 Å². The van der Waals surface area contributed by atoms with Crippen LogP contribution in [0.2, 0.25) is 0 Å². The largest absolute Gasteiger partial charge is 0.349 e. The van der Waals surface area contributed by atoms with E-state index in [4.69, 9.17) is 4.52 Å². The summed E-state index contributed by atoms with van der Waals surface area (Å²) in [6, 6.07) is 0.111. The average molecular weight is 282 g/mol. The summed E-state index contributed by atoms with van der Waals surface area (Å²) in [6.45, 7) is 1.67. The zero-order valence-electron chi connectivity index (χ0n) is 10.7. The smallest absolute Gasteiger partial charge is 0.292 e. The van der Waals surface area contributed by atoms with Gasteiger partial charge in [-0.15, -0.1) is 0 Å². The number of nitrogens with one attached hydrogen (secondary N) is 2. The van der Waals surface area contributed by atoms with Crippen molar-refractivity contribution in [1.29, 1.82) is 0 Å². The third-order valence-corrected chi connectivity index (χ3v) is 4.81. The van der Waals surface area contributed by atoms with Gasteiger partial charge < -0.3 is 15.2 Å². The van der Waals surface area contributed by atoms with Crippen LogP contribution in [0.5, 0.6) is 0 Å². The molecule has 6 nitrogen and oxygen atoms in total. The number of amides is 1. The second-order valence-electron chi connectivity index (χ2n) is 5.04. The zero-order valence-corrected chi connectivity index (χ0v) is 11.5. The molecule has 104 valence electrons. The molecule has 1 amide bonds. The van der Waals surface area contributed by atoms with Gasteiger partial charge in [0.2, 0.25) is 5.89 Å². The molecule has 2 saturated heterocycles. The van der Waals surface area contributed by atoms with Crippen molar-refractivity contribution in [3.05, 3.63) is 11.7 Å². The van der Waals surface area contributed by atoms with E-state index in [1.807, 2.05) is 11.8 Å². The van der Waals surface area contributed by atoms with Gasteiger partial charge in [-0.05, 0) is 43.2 Å². The lowest BCUT2D eigenvalue weighted by Gasteiger charge is -2.07. The Morgan fingerprint density at radius 1 is 1.53 bits per heavy atom. The van der Waals surface area contributed by atoms with Crippen molar-refractivity contribution in [2.75, 3.05) is 24.6 Å². The summed E-state index contributed by atoms with van der Waals surface area (Å²) in [5, 5.41) is 9.92. The standard InChI is InChI=1S/C12H18N4O2S/c17-11(14-6-8-3-5-19-7-8)10-15-12(18-16-10)9-2-1-4-13-9/h8-9,13H,1-7H2,(H,14,17). The van der Waals surface area contributed by atoms with Crippen LogP contribution in [0.15, 0.2) is 4.52 Å². The molecule has 1 aromatic rings. The third kappa shape index (κ3) is 3.09. The minimum atomic E-state index is -0.232. The fraction of sp³-hybridized carbons (Fsp3) is 0.750. The normalized spacial score (nSPS) is 26.7. The minimum absolute atomic E-state index is 0.111. The van der Waals surface area contributed by atoms with E-state index in [2.05, 4.69) is 20.8 Å². The third-order valence-electron chi connectivity index (χ3n) is 3.58. The second-order valence-corrected chi connectivity index (χ2v) is 6.19. The Morgan fingerprint density at radius 3 is 3.21 bits per heavy atom. The van der Waals surface area contributed by atoms with Crippen molar-refractivity contribution in [3.63, 3.8) is 0 Å². The van der Waals surface area contributed by atoms with Gasteiger partial charge in [0.15, 0.2) is 0 Å². The highest BCUT2D eigenvalue weighted by molar-refractivity contribution is 7.99. The molecule has 7 heteroatoms. The molecule has 19 heavy (non-hydrogen) atoms. The SMILES string of the molecule is O=C(NCC1CCSC1)c1noc(C2CCCN2)n1. The summed E-state index contributed by atoms with van der Waals surface area (Å²) in [7, 11) is 0. The maximum absolute atomic E-state index is 11.9. The van der Waals surface area contributed by atoms with Gasteiger partial charge in [0.05, 0.1) is 6.04 Å². The highest BCUT2D eigenvalue weighted by atomic mass is 32.2. The molecule has 2 aliphatic heterocycles. The molecule has 2 unspecified atom stereocenters. The maximum Gasteiger partial charge on any atom is 0.292 e. The first kappa shape index (κ1) is 12.9. The van der Waals surface area contributed by atoms with Crippen molar-refractivity contribution in [1.82, 2.24) is 20.8 Å². The van der Waals surface area contributed by atoms with Crippen LogP contribution < -0.4 is 10.6 Å². The van der Waals surface area contributed by atoms with E-state index in [-0.39, 0.29) is 17.8 Å². The van der Waals surface area contributed by atoms with E-state index in [0.717, 1.165) is 25.1 Å². The molecular weight excluding hydrogens is 264 g/mol. The summed E-state index contributed by atoms with van der Waals surface area (Å²) in [5.41, 5.74) is 0. The van der Waals surface area contributed by atoms with Crippen LogP contribution in [0.4, 0.5) is 0 Å². The fourth-order valence-electron chi connectivity index (χ4n) is 2.42. The van der Waals surface area contributed by atoms with Crippen molar-refractivity contribution in [3.8, 4) is 0 Å². The lowest BCUT2D eigenvalue weighted by molar-refractivity contribution is 0.0935. The van der Waals surface area contributed by atoms with Gasteiger partial charge in [-0.2, -0.15) is 16.7 Å². The van der Waals surface area contributed by atoms with Crippen LogP contribution >= 0.6 is 11.8 Å². The van der Waals surface area contributed by atoms with Gasteiger partial charge in [0, 0.05) is 6.54 Å². The molecule has 0 aromatic carbocycles. The summed E-state index contributed by atoms with van der Waals surface area (Å²) in [5.74, 6) is 3.35. The number of hydrogen-bond donors (Lipinski definition) is 2. The number of rotatable bonds is 4. The Balaban J connectivity index is 1.54. The van der Waals surface area contributed by atoms with Gasteiger partial charge in [-0.25, -0.2) is 0 Å². The predicted octanol–water partition coefficient (Wildman–Crippen LogP) is 0.977. The Kier molecular flexibility index (Phi) is 4.03. The van der Waals surface area contributed by atoms with Crippen LogP contribution in [0, 0.1) is 5.92 Å². The number of carbonyl (C=O) groups excluding carboxylic acids is 1. The van der Waals surface area contributed by atoms with Crippen LogP contribution in [0.1, 0.15) is 41.8 Å². The van der Waals surface area contributed by atoms with Gasteiger partial charge in [-0.3, -0.25) is 4.79 Å². The molecule has 0 spiro atoms. The molecule has 0 saturated carbocycles. The van der Waals surface area contributed by atoms with E-state index in [1.165, 1.54) is 12.2 Å². The van der Waals surface area contributed by atoms with Gasteiger partial charge in [0.1, 0.15) is 0 Å². The Hall–Kier alpha value is -1.08. The number of carbonyl (C=O) groups is 1. The predicted molar refractivity (Wildman–Crippen MR) is 72.0 cm³/mol. The molecule has 3 rings (SSSR count). The van der Waals surface area contributed by atoms with Crippen LogP contribution in [-0.2, 0) is 0 Å². The first-order chi connectivity index (χ1) is 9.33. The van der Waals surface area contributed by atoms with Crippen molar-refractivity contribution in [2.24, 2.45) is 5.92 Å². The minimum Gasteiger partial charge on any atom is -0.349 e. The second kappa shape index (κ2) is 5.92. The summed E-state index contributed by atoms with van der Waals surface area (Å²) < 4.78 is 5.15. The van der Waals surface area contributed by atoms with Crippen LogP contribution in [0.3, 0.4) is 0 Å².